The van der Waals surface area contributed by atoms with Crippen LogP contribution in [0.25, 0.3) is 0 Å². The summed E-state index contributed by atoms with van der Waals surface area (Å²) in [5.74, 6) is 0.192. The highest BCUT2D eigenvalue weighted by molar-refractivity contribution is 5.97. The van der Waals surface area contributed by atoms with Gasteiger partial charge in [0.1, 0.15) is 0 Å². The van der Waals surface area contributed by atoms with E-state index in [-0.39, 0.29) is 23.8 Å². The molecule has 3 aromatic rings. The third kappa shape index (κ3) is 5.68. The van der Waals surface area contributed by atoms with Gasteiger partial charge in [0.05, 0.1) is 0 Å². The van der Waals surface area contributed by atoms with Gasteiger partial charge in [-0.2, -0.15) is 0 Å². The number of benzene rings is 2. The third-order valence-electron chi connectivity index (χ3n) is 7.92. The van der Waals surface area contributed by atoms with Gasteiger partial charge in [0, 0.05) is 60.8 Å². The fraction of sp³-hybridized carbons (Fsp3) is 0.387. The van der Waals surface area contributed by atoms with E-state index in [0.29, 0.717) is 12.1 Å². The molecule has 1 aliphatic heterocycles. The summed E-state index contributed by atoms with van der Waals surface area (Å²) in [5, 5.41) is 6.44. The predicted molar refractivity (Wildman–Crippen MR) is 147 cm³/mol. The van der Waals surface area contributed by atoms with Crippen LogP contribution in [0.3, 0.4) is 0 Å². The number of pyridine rings is 1. The van der Waals surface area contributed by atoms with Crippen LogP contribution < -0.4 is 15.5 Å². The van der Waals surface area contributed by atoms with Crippen molar-refractivity contribution in [3.8, 4) is 0 Å². The van der Waals surface area contributed by atoms with Gasteiger partial charge >= 0.3 is 0 Å². The summed E-state index contributed by atoms with van der Waals surface area (Å²) in [5.41, 5.74) is 7.14. The van der Waals surface area contributed by atoms with E-state index in [1.54, 1.807) is 0 Å². The Labute approximate surface area is 219 Å². The fourth-order valence-electron chi connectivity index (χ4n) is 5.83. The van der Waals surface area contributed by atoms with Gasteiger partial charge in [-0.1, -0.05) is 24.3 Å². The van der Waals surface area contributed by atoms with Crippen molar-refractivity contribution in [1.29, 1.82) is 0 Å². The zero-order valence-corrected chi connectivity index (χ0v) is 21.8. The molecule has 0 spiro atoms. The molecule has 0 saturated carbocycles. The third-order valence-corrected chi connectivity index (χ3v) is 7.92. The number of piperidine rings is 1. The van der Waals surface area contributed by atoms with E-state index in [1.165, 1.54) is 16.8 Å². The van der Waals surface area contributed by atoms with Gasteiger partial charge in [0.15, 0.2) is 0 Å². The second kappa shape index (κ2) is 11.2. The number of nitrogens with zero attached hydrogens (tertiary/aromatic N) is 2. The van der Waals surface area contributed by atoms with E-state index >= 15 is 0 Å². The van der Waals surface area contributed by atoms with Crippen LogP contribution in [0.5, 0.6) is 0 Å². The number of aromatic nitrogens is 1. The first-order valence-electron chi connectivity index (χ1n) is 13.4. The molecule has 1 aliphatic carbocycles. The minimum absolute atomic E-state index is 0.00550. The first kappa shape index (κ1) is 25.0. The van der Waals surface area contributed by atoms with Crippen LogP contribution in [0.1, 0.15) is 74.6 Å². The SMILES string of the molecule is Cc1cccc(C)c1C(=O)NCC1CCCc2ccc(C(=O)NC3CCN(c4ccncc4)CC3)cc21. The highest BCUT2D eigenvalue weighted by Gasteiger charge is 2.25. The lowest BCUT2D eigenvalue weighted by molar-refractivity contribution is 0.0926. The van der Waals surface area contributed by atoms with Crippen LogP contribution in [0.15, 0.2) is 60.9 Å². The van der Waals surface area contributed by atoms with Crippen LogP contribution in [-0.4, -0.2) is 42.5 Å². The van der Waals surface area contributed by atoms with E-state index in [0.717, 1.165) is 61.9 Å². The van der Waals surface area contributed by atoms with Crippen LogP contribution in [-0.2, 0) is 6.42 Å². The van der Waals surface area contributed by atoms with Crippen molar-refractivity contribution in [3.63, 3.8) is 0 Å². The minimum atomic E-state index is -0.0188. The van der Waals surface area contributed by atoms with E-state index < -0.39 is 0 Å². The molecular weight excluding hydrogens is 460 g/mol. The van der Waals surface area contributed by atoms with Gasteiger partial charge in [-0.05, 0) is 92.5 Å². The van der Waals surface area contributed by atoms with Gasteiger partial charge in [0.25, 0.3) is 11.8 Å². The molecule has 6 heteroatoms. The molecule has 2 amide bonds. The van der Waals surface area contributed by atoms with Crippen LogP contribution >= 0.6 is 0 Å². The molecule has 192 valence electrons. The quantitative estimate of drug-likeness (QED) is 0.507. The van der Waals surface area contributed by atoms with E-state index in [4.69, 9.17) is 0 Å². The molecule has 2 heterocycles. The fourth-order valence-corrected chi connectivity index (χ4v) is 5.83. The van der Waals surface area contributed by atoms with E-state index in [1.807, 2.05) is 62.6 Å². The molecule has 1 atom stereocenters. The largest absolute Gasteiger partial charge is 0.371 e. The molecule has 2 N–H and O–H groups in total. The summed E-state index contributed by atoms with van der Waals surface area (Å²) < 4.78 is 0. The Balaban J connectivity index is 1.21. The van der Waals surface area contributed by atoms with Gasteiger partial charge in [0.2, 0.25) is 0 Å². The average Bonchev–Trinajstić information content (AvgIpc) is 2.92. The van der Waals surface area contributed by atoms with Crippen molar-refractivity contribution < 1.29 is 9.59 Å². The Hall–Kier alpha value is -3.67. The smallest absolute Gasteiger partial charge is 0.251 e. The number of hydrogen-bond acceptors (Lipinski definition) is 4. The maximum absolute atomic E-state index is 13.2. The summed E-state index contributed by atoms with van der Waals surface area (Å²) in [4.78, 5) is 32.6. The Morgan fingerprint density at radius 2 is 1.68 bits per heavy atom. The van der Waals surface area contributed by atoms with Crippen molar-refractivity contribution >= 4 is 17.5 Å². The predicted octanol–water partition coefficient (Wildman–Crippen LogP) is 4.95. The highest BCUT2D eigenvalue weighted by atomic mass is 16.2. The molecule has 1 saturated heterocycles. The maximum atomic E-state index is 13.2. The van der Waals surface area contributed by atoms with Gasteiger partial charge in [-0.15, -0.1) is 0 Å². The molecule has 5 rings (SSSR count). The van der Waals surface area contributed by atoms with Crippen molar-refractivity contribution in [2.75, 3.05) is 24.5 Å². The zero-order chi connectivity index (χ0) is 25.8. The first-order valence-corrected chi connectivity index (χ1v) is 13.4. The molecular formula is C31H36N4O2. The number of carbonyl (C=O) groups excluding carboxylic acids is 2. The molecule has 37 heavy (non-hydrogen) atoms. The lowest BCUT2D eigenvalue weighted by atomic mass is 9.81. The Morgan fingerprint density at radius 3 is 2.41 bits per heavy atom. The molecule has 0 bridgehead atoms. The number of fused-ring (bicyclic) bond motifs is 1. The van der Waals surface area contributed by atoms with Crippen LogP contribution in [0.4, 0.5) is 5.69 Å². The molecule has 2 aromatic carbocycles. The Morgan fingerprint density at radius 1 is 0.946 bits per heavy atom. The Bertz CT molecular complexity index is 1250. The second-order valence-corrected chi connectivity index (χ2v) is 10.4. The normalized spacial score (nSPS) is 17.7. The Kier molecular flexibility index (Phi) is 7.54. The molecule has 1 unspecified atom stereocenters. The summed E-state index contributed by atoms with van der Waals surface area (Å²) in [6.45, 7) is 6.37. The maximum Gasteiger partial charge on any atom is 0.251 e. The first-order chi connectivity index (χ1) is 18.0. The number of nitrogens with one attached hydrogen (secondary N) is 2. The second-order valence-electron chi connectivity index (χ2n) is 10.4. The molecule has 1 fully saturated rings. The zero-order valence-electron chi connectivity index (χ0n) is 21.8. The number of aryl methyl sites for hydroxylation is 3. The van der Waals surface area contributed by atoms with Gasteiger partial charge in [-0.25, -0.2) is 0 Å². The summed E-state index contributed by atoms with van der Waals surface area (Å²) >= 11 is 0. The topological polar surface area (TPSA) is 74.3 Å². The van der Waals surface area contributed by atoms with Gasteiger partial charge < -0.3 is 15.5 Å². The van der Waals surface area contributed by atoms with Crippen molar-refractivity contribution in [1.82, 2.24) is 15.6 Å². The lowest BCUT2D eigenvalue weighted by Crippen LogP contribution is -2.44. The summed E-state index contributed by atoms with van der Waals surface area (Å²) in [7, 11) is 0. The molecule has 2 aliphatic rings. The van der Waals surface area contributed by atoms with Crippen molar-refractivity contribution in [3.05, 3.63) is 94.3 Å². The molecule has 6 nitrogen and oxygen atoms in total. The van der Waals surface area contributed by atoms with Crippen molar-refractivity contribution in [2.45, 2.75) is 57.9 Å². The van der Waals surface area contributed by atoms with E-state index in [9.17, 15) is 9.59 Å². The minimum Gasteiger partial charge on any atom is -0.371 e. The van der Waals surface area contributed by atoms with Gasteiger partial charge in [-0.3, -0.25) is 14.6 Å². The summed E-state index contributed by atoms with van der Waals surface area (Å²) in [6.07, 6.45) is 8.62. The monoisotopic (exact) mass is 496 g/mol. The number of rotatable bonds is 6. The molecule has 1 aromatic heterocycles. The summed E-state index contributed by atoms with van der Waals surface area (Å²) in [6, 6.07) is 16.3. The lowest BCUT2D eigenvalue weighted by Gasteiger charge is -2.34. The number of amides is 2. The highest BCUT2D eigenvalue weighted by Crippen LogP contribution is 2.32. The average molecular weight is 497 g/mol. The number of hydrogen-bond donors (Lipinski definition) is 2. The standard InChI is InChI=1S/C31H36N4O2/c1-21-5-3-6-22(2)29(21)31(37)33-20-25-8-4-7-23-9-10-24(19-28(23)25)30(36)34-26-13-17-35(18-14-26)27-11-15-32-16-12-27/h3,5-6,9-12,15-16,19,25-26H,4,7-8,13-14,17-18,20H2,1-2H3,(H,33,37)(H,34,36). The van der Waals surface area contributed by atoms with Crippen LogP contribution in [0.2, 0.25) is 0 Å². The van der Waals surface area contributed by atoms with Crippen LogP contribution in [0, 0.1) is 13.8 Å². The number of anilines is 1. The number of carbonyl (C=O) groups is 2. The molecule has 0 radical (unpaired) electrons. The van der Waals surface area contributed by atoms with Crippen molar-refractivity contribution in [2.24, 2.45) is 0 Å². The van der Waals surface area contributed by atoms with E-state index in [2.05, 4.69) is 32.7 Å².